The zero-order valence-electron chi connectivity index (χ0n) is 9.73. The molecule has 0 aliphatic rings. The molecule has 0 unspecified atom stereocenters. The summed E-state index contributed by atoms with van der Waals surface area (Å²) in [6, 6.07) is 7.37. The summed E-state index contributed by atoms with van der Waals surface area (Å²) >= 11 is 4.56. The van der Waals surface area contributed by atoms with Gasteiger partial charge in [-0.25, -0.2) is 13.1 Å². The fourth-order valence-corrected chi connectivity index (χ4v) is 3.84. The van der Waals surface area contributed by atoms with E-state index >= 15 is 0 Å². The Hall–Kier alpha value is -0.500. The van der Waals surface area contributed by atoms with E-state index in [-0.39, 0.29) is 12.3 Å². The van der Waals surface area contributed by atoms with Crippen LogP contribution in [0.4, 0.5) is 5.69 Å². The van der Waals surface area contributed by atoms with Gasteiger partial charge in [0.1, 0.15) is 0 Å². The van der Waals surface area contributed by atoms with Gasteiger partial charge in [0, 0.05) is 27.4 Å². The van der Waals surface area contributed by atoms with Crippen LogP contribution in [-0.2, 0) is 10.0 Å². The van der Waals surface area contributed by atoms with Crippen molar-refractivity contribution in [1.82, 2.24) is 4.72 Å². The Morgan fingerprint density at radius 1 is 1.50 bits per heavy atom. The molecule has 0 spiro atoms. The Kier molecular flexibility index (Phi) is 6.20. The highest BCUT2D eigenvalue weighted by atomic mass is 79.9. The molecule has 4 nitrogen and oxygen atoms in total. The Bertz CT molecular complexity index is 518. The molecular formula is C11H15BrN2O2S2. The van der Waals surface area contributed by atoms with Crippen molar-refractivity contribution in [3.05, 3.63) is 35.3 Å². The normalized spacial score (nSPS) is 11.4. The molecule has 0 saturated heterocycles. The van der Waals surface area contributed by atoms with Crippen molar-refractivity contribution in [3.8, 4) is 0 Å². The van der Waals surface area contributed by atoms with Crippen LogP contribution in [0.1, 0.15) is 0 Å². The van der Waals surface area contributed by atoms with E-state index in [1.54, 1.807) is 6.07 Å². The molecule has 0 amide bonds. The van der Waals surface area contributed by atoms with E-state index in [2.05, 4.69) is 27.2 Å². The molecule has 0 atom stereocenters. The van der Waals surface area contributed by atoms with Crippen molar-refractivity contribution >= 4 is 43.4 Å². The number of anilines is 1. The molecule has 0 aliphatic carbocycles. The lowest BCUT2D eigenvalue weighted by atomic mass is 10.3. The summed E-state index contributed by atoms with van der Waals surface area (Å²) in [7, 11) is -3.25. The number of sulfonamides is 1. The van der Waals surface area contributed by atoms with Gasteiger partial charge in [0.25, 0.3) is 0 Å². The van der Waals surface area contributed by atoms with Gasteiger partial charge in [0.15, 0.2) is 0 Å². The number of nitrogen functional groups attached to an aromatic ring is 1. The summed E-state index contributed by atoms with van der Waals surface area (Å²) in [4.78, 5) is 0.968. The second-order valence-corrected chi connectivity index (χ2v) is 7.79. The first-order chi connectivity index (χ1) is 8.39. The average Bonchev–Trinajstić information content (AvgIpc) is 2.26. The Morgan fingerprint density at radius 3 is 2.83 bits per heavy atom. The van der Waals surface area contributed by atoms with Crippen molar-refractivity contribution in [3.63, 3.8) is 0 Å². The number of benzene rings is 1. The first-order valence-electron chi connectivity index (χ1n) is 5.18. The van der Waals surface area contributed by atoms with Crippen LogP contribution in [-0.4, -0.2) is 26.5 Å². The number of rotatable bonds is 7. The predicted molar refractivity (Wildman–Crippen MR) is 81.4 cm³/mol. The van der Waals surface area contributed by atoms with Crippen LogP contribution in [0.2, 0.25) is 0 Å². The zero-order chi connectivity index (χ0) is 13.6. The molecule has 0 radical (unpaired) electrons. The van der Waals surface area contributed by atoms with Gasteiger partial charge in [0.05, 0.1) is 5.75 Å². The largest absolute Gasteiger partial charge is 0.399 e. The number of hydrogen-bond acceptors (Lipinski definition) is 4. The van der Waals surface area contributed by atoms with Crippen LogP contribution >= 0.6 is 27.7 Å². The van der Waals surface area contributed by atoms with E-state index in [1.807, 2.05) is 18.2 Å². The average molecular weight is 351 g/mol. The van der Waals surface area contributed by atoms with Gasteiger partial charge in [-0.15, -0.1) is 11.8 Å². The minimum Gasteiger partial charge on any atom is -0.399 e. The fourth-order valence-electron chi connectivity index (χ4n) is 1.13. The third-order valence-electron chi connectivity index (χ3n) is 1.96. The highest BCUT2D eigenvalue weighted by molar-refractivity contribution is 9.11. The smallest absolute Gasteiger partial charge is 0.212 e. The summed E-state index contributed by atoms with van der Waals surface area (Å²) in [5, 5.41) is 0. The Labute approximate surface area is 120 Å². The minimum atomic E-state index is -3.25. The standard InChI is InChI=1S/C11H15BrN2O2S2/c1-9(12)8-14-18(15,16)6-5-17-11-4-2-3-10(13)7-11/h2-4,7,14H,1,5-6,8,13H2. The number of nitrogens with one attached hydrogen (secondary N) is 1. The van der Waals surface area contributed by atoms with Crippen LogP contribution < -0.4 is 10.5 Å². The molecule has 18 heavy (non-hydrogen) atoms. The maximum atomic E-state index is 11.6. The number of nitrogens with two attached hydrogens (primary N) is 1. The molecule has 1 aromatic carbocycles. The molecule has 0 bridgehead atoms. The number of hydrogen-bond donors (Lipinski definition) is 2. The molecule has 7 heteroatoms. The van der Waals surface area contributed by atoms with Crippen molar-refractivity contribution in [2.24, 2.45) is 0 Å². The van der Waals surface area contributed by atoms with E-state index in [1.165, 1.54) is 11.8 Å². The molecule has 0 fully saturated rings. The molecule has 1 aromatic rings. The van der Waals surface area contributed by atoms with Gasteiger partial charge >= 0.3 is 0 Å². The highest BCUT2D eigenvalue weighted by Gasteiger charge is 2.09. The van der Waals surface area contributed by atoms with Crippen molar-refractivity contribution in [2.75, 3.05) is 23.8 Å². The van der Waals surface area contributed by atoms with Gasteiger partial charge in [0.2, 0.25) is 10.0 Å². The lowest BCUT2D eigenvalue weighted by molar-refractivity contribution is 0.587. The zero-order valence-corrected chi connectivity index (χ0v) is 12.9. The predicted octanol–water partition coefficient (Wildman–Crippen LogP) is 2.19. The Balaban J connectivity index is 2.39. The highest BCUT2D eigenvalue weighted by Crippen LogP contribution is 2.20. The molecule has 3 N–H and O–H groups in total. The summed E-state index contributed by atoms with van der Waals surface area (Å²) in [5.74, 6) is 0.542. The van der Waals surface area contributed by atoms with Crippen LogP contribution in [0.3, 0.4) is 0 Å². The van der Waals surface area contributed by atoms with Gasteiger partial charge in [-0.05, 0) is 18.2 Å². The molecule has 0 aromatic heterocycles. The van der Waals surface area contributed by atoms with Crippen LogP contribution in [0.15, 0.2) is 40.2 Å². The van der Waals surface area contributed by atoms with Crippen LogP contribution in [0.25, 0.3) is 0 Å². The third kappa shape index (κ3) is 6.44. The van der Waals surface area contributed by atoms with E-state index < -0.39 is 10.0 Å². The second kappa shape index (κ2) is 7.18. The summed E-state index contributed by atoms with van der Waals surface area (Å²) < 4.78 is 26.2. The first kappa shape index (κ1) is 15.6. The van der Waals surface area contributed by atoms with E-state index in [0.717, 1.165) is 4.90 Å². The van der Waals surface area contributed by atoms with E-state index in [0.29, 0.717) is 15.9 Å². The number of halogens is 1. The molecule has 100 valence electrons. The van der Waals surface area contributed by atoms with Crippen LogP contribution in [0.5, 0.6) is 0 Å². The van der Waals surface area contributed by atoms with Gasteiger partial charge < -0.3 is 5.73 Å². The van der Waals surface area contributed by atoms with Gasteiger partial charge in [-0.3, -0.25) is 0 Å². The van der Waals surface area contributed by atoms with Crippen molar-refractivity contribution in [1.29, 1.82) is 0 Å². The summed E-state index contributed by atoms with van der Waals surface area (Å²) in [6.07, 6.45) is 0. The first-order valence-corrected chi connectivity index (χ1v) is 8.61. The Morgan fingerprint density at radius 2 is 2.22 bits per heavy atom. The topological polar surface area (TPSA) is 72.2 Å². The van der Waals surface area contributed by atoms with Crippen molar-refractivity contribution in [2.45, 2.75) is 4.90 Å². The molecular weight excluding hydrogens is 336 g/mol. The lowest BCUT2D eigenvalue weighted by Gasteiger charge is -2.06. The summed E-state index contributed by atoms with van der Waals surface area (Å²) in [5.41, 5.74) is 6.32. The van der Waals surface area contributed by atoms with Gasteiger partial charge in [-0.2, -0.15) is 0 Å². The molecule has 0 saturated carbocycles. The molecule has 0 aliphatic heterocycles. The molecule has 0 heterocycles. The quantitative estimate of drug-likeness (QED) is 0.584. The monoisotopic (exact) mass is 350 g/mol. The summed E-state index contributed by atoms with van der Waals surface area (Å²) in [6.45, 7) is 3.78. The van der Waals surface area contributed by atoms with Gasteiger partial charge in [-0.1, -0.05) is 28.6 Å². The molecule has 1 rings (SSSR count). The second-order valence-electron chi connectivity index (χ2n) is 3.58. The maximum Gasteiger partial charge on any atom is 0.212 e. The fraction of sp³-hybridized carbons (Fsp3) is 0.273. The van der Waals surface area contributed by atoms with Crippen molar-refractivity contribution < 1.29 is 8.42 Å². The minimum absolute atomic E-state index is 0.0622. The maximum absolute atomic E-state index is 11.6. The van der Waals surface area contributed by atoms with E-state index in [9.17, 15) is 8.42 Å². The lowest BCUT2D eigenvalue weighted by Crippen LogP contribution is -2.28. The third-order valence-corrected chi connectivity index (χ3v) is 4.82. The SMILES string of the molecule is C=C(Br)CNS(=O)(=O)CCSc1cccc(N)c1. The van der Waals surface area contributed by atoms with Crippen LogP contribution in [0, 0.1) is 0 Å². The van der Waals surface area contributed by atoms with E-state index in [4.69, 9.17) is 5.73 Å². The number of thioether (sulfide) groups is 1.